The highest BCUT2D eigenvalue weighted by Crippen LogP contribution is 2.59. The number of rotatable bonds is 8. The molecule has 130 heavy (non-hydrogen) atoms. The van der Waals surface area contributed by atoms with Gasteiger partial charge in [-0.25, -0.2) is 0 Å². The molecule has 21 aromatic carbocycles. The van der Waals surface area contributed by atoms with Crippen LogP contribution in [0, 0.1) is 13.8 Å². The summed E-state index contributed by atoms with van der Waals surface area (Å²) in [6.45, 7) is 14.0. The van der Waals surface area contributed by atoms with E-state index in [1.54, 1.807) is 0 Å². The van der Waals surface area contributed by atoms with Crippen LogP contribution in [0.25, 0.3) is 116 Å². The molecule has 0 saturated heterocycles. The zero-order valence-corrected chi connectivity index (χ0v) is 75.4. The predicted octanol–water partition coefficient (Wildman–Crippen LogP) is 32.3. The van der Waals surface area contributed by atoms with E-state index in [9.17, 15) is 0 Å². The molecule has 2 aromatic heterocycles. The lowest BCUT2D eigenvalue weighted by molar-refractivity contribution is 0.477. The molecule has 0 bridgehead atoms. The number of hydrogen-bond acceptors (Lipinski definition) is 7. The lowest BCUT2D eigenvalue weighted by atomic mass is 9.73. The van der Waals surface area contributed by atoms with Crippen molar-refractivity contribution in [3.63, 3.8) is 0 Å². The fourth-order valence-corrected chi connectivity index (χ4v) is 30.0. The van der Waals surface area contributed by atoms with E-state index in [0.29, 0.717) is 0 Å². The summed E-state index contributed by atoms with van der Waals surface area (Å²) >= 11 is 3.75. The summed E-state index contributed by atoms with van der Waals surface area (Å²) in [5, 5.41) is 26.0. The highest BCUT2D eigenvalue weighted by atomic mass is 32.1. The fourth-order valence-electron chi connectivity index (χ4n) is 22.6. The molecule has 0 unspecified atom stereocenters. The first kappa shape index (κ1) is 76.1. The molecule has 0 fully saturated rings. The maximum atomic E-state index is 6.35. The number of fused-ring (bicyclic) bond motifs is 27. The first-order valence-corrected chi connectivity index (χ1v) is 48.8. The monoisotopic (exact) mass is 1710 g/mol. The molecule has 23 aromatic rings. The van der Waals surface area contributed by atoms with Gasteiger partial charge >= 0.3 is 0 Å². The molecule has 4 aliphatic rings. The molecule has 0 amide bonds. The van der Waals surface area contributed by atoms with Crippen LogP contribution in [0.2, 0.25) is 0 Å². The standard InChI is InChI=1S/C71H52N2SSi.C51H34N2OS/c1-45-26-33-51(34-27-45)75(52-35-28-46(2)29-36-52)69-25-15-11-21-58(69)62-43-64-66(44-70(62)75)73(65-23-13-12-22-63(65)71(64,3)4)50-31-38-56-55-37-30-48(40-59(55)53-18-8-9-19-54(53)60(56)41-50)72(47-16-6-5-7-17-47)49-32-39-68-61(42-49)57-20-10-14-24-67(57)74-68;1-51(2)41-16-6-7-17-43(41)52(46-30-50-40(29-42(46)51)37-15-5-12-22-49(37)55-50)31-23-25-35-36-26-24-32(28-39(36)34-14-4-3-13-33(34)38(35)27-31)53-44-18-8-10-20-47(44)54-48-21-11-9-19-45(48)53/h5-44H,1-4H3;3-30H,1-2H3. The SMILES string of the molecule is CC1(C)c2ccccc2N(c2ccc3c4ccc(N5c6ccccc6Oc6ccccc65)cc4c4ccccc4c3c2)c2cc3sc4ccccc4c3cc21.Cc1ccc([Si]2(c3ccc(C)cc3)c3ccccc3-c3cc4c(cc32)N(c2ccc3c5ccc(N(c6ccccc6)c6ccc7sc8ccccc8c7c6)cc5c5ccccc5c3c2)c2ccccc2C4(C)C)cc1. The Balaban J connectivity index is 0.000000143. The van der Waals surface area contributed by atoms with Crippen molar-refractivity contribution in [3.05, 3.63) is 446 Å². The van der Waals surface area contributed by atoms with Crippen molar-refractivity contribution in [2.75, 3.05) is 19.6 Å². The highest BCUT2D eigenvalue weighted by Gasteiger charge is 2.51. The number of thiophene rings is 2. The molecule has 0 atom stereocenters. The molecule has 27 rings (SSSR count). The minimum Gasteiger partial charge on any atom is -0.453 e. The van der Waals surface area contributed by atoms with Crippen molar-refractivity contribution < 1.29 is 4.74 Å². The molecule has 0 aliphatic carbocycles. The van der Waals surface area contributed by atoms with Gasteiger partial charge in [0.05, 0.1) is 34.1 Å². The van der Waals surface area contributed by atoms with Gasteiger partial charge in [0.15, 0.2) is 19.6 Å². The quantitative estimate of drug-likeness (QED) is 0.111. The zero-order chi connectivity index (χ0) is 86.6. The number of aryl methyl sites for hydroxylation is 2. The minimum absolute atomic E-state index is 0.168. The fraction of sp³-hybridized carbons (Fsp3) is 0.0656. The summed E-state index contributed by atoms with van der Waals surface area (Å²) in [7, 11) is -2.82. The molecule has 6 heterocycles. The molecule has 0 N–H and O–H groups in total. The van der Waals surface area contributed by atoms with Gasteiger partial charge in [0.2, 0.25) is 0 Å². The Hall–Kier alpha value is -15.2. The van der Waals surface area contributed by atoms with E-state index >= 15 is 0 Å². The van der Waals surface area contributed by atoms with Gasteiger partial charge in [0.25, 0.3) is 0 Å². The maximum absolute atomic E-state index is 6.35. The normalized spacial score (nSPS) is 14.1. The van der Waals surface area contributed by atoms with Gasteiger partial charge in [-0.05, 0) is 284 Å². The molecule has 0 spiro atoms. The Bertz CT molecular complexity index is 8590. The predicted molar refractivity (Wildman–Crippen MR) is 559 cm³/mol. The van der Waals surface area contributed by atoms with Crippen molar-refractivity contribution in [3.8, 4) is 22.6 Å². The molecular formula is C122H86N4OS2Si. The molecule has 616 valence electrons. The highest BCUT2D eigenvalue weighted by molar-refractivity contribution is 7.26. The maximum Gasteiger partial charge on any atom is 0.180 e. The first-order chi connectivity index (χ1) is 63.8. The first-order valence-electron chi connectivity index (χ1n) is 45.2. The van der Waals surface area contributed by atoms with E-state index in [1.807, 2.05) is 46.9 Å². The van der Waals surface area contributed by atoms with E-state index in [4.69, 9.17) is 4.74 Å². The van der Waals surface area contributed by atoms with Crippen molar-refractivity contribution in [2.24, 2.45) is 0 Å². The van der Waals surface area contributed by atoms with E-state index in [2.05, 4.69) is 449 Å². The average molecular weight is 1720 g/mol. The van der Waals surface area contributed by atoms with Crippen LogP contribution in [0.5, 0.6) is 11.5 Å². The van der Waals surface area contributed by atoms with Gasteiger partial charge < -0.3 is 24.3 Å². The van der Waals surface area contributed by atoms with Crippen LogP contribution in [-0.4, -0.2) is 8.07 Å². The third kappa shape index (κ3) is 11.3. The van der Waals surface area contributed by atoms with Gasteiger partial charge in [0, 0.05) is 85.3 Å². The minimum atomic E-state index is -2.82. The second-order valence-corrected chi connectivity index (χ2v) is 42.6. The van der Waals surface area contributed by atoms with Crippen LogP contribution >= 0.6 is 22.7 Å². The van der Waals surface area contributed by atoms with Crippen molar-refractivity contribution in [1.29, 1.82) is 0 Å². The van der Waals surface area contributed by atoms with Gasteiger partial charge in [-0.15, -0.1) is 22.7 Å². The second kappa shape index (κ2) is 28.9. The van der Waals surface area contributed by atoms with Gasteiger partial charge in [-0.3, -0.25) is 0 Å². The third-order valence-corrected chi connectivity index (χ3v) is 35.9. The van der Waals surface area contributed by atoms with Gasteiger partial charge in [0.1, 0.15) is 0 Å². The number of para-hydroxylation sites is 7. The van der Waals surface area contributed by atoms with Crippen LogP contribution in [0.15, 0.2) is 413 Å². The largest absolute Gasteiger partial charge is 0.453 e. The Morgan fingerprint density at radius 3 is 1.15 bits per heavy atom. The van der Waals surface area contributed by atoms with E-state index in [0.717, 1.165) is 51.3 Å². The number of ether oxygens (including phenoxy) is 1. The summed E-state index contributed by atoms with van der Waals surface area (Å²) < 4.78 is 11.6. The number of hydrogen-bond donors (Lipinski definition) is 0. The molecule has 5 nitrogen and oxygen atoms in total. The van der Waals surface area contributed by atoms with Crippen LogP contribution in [-0.2, 0) is 10.8 Å². The Labute approximate surface area is 764 Å². The van der Waals surface area contributed by atoms with Crippen molar-refractivity contribution >= 4 is 225 Å². The molecule has 4 aliphatic heterocycles. The molecule has 0 radical (unpaired) electrons. The van der Waals surface area contributed by atoms with E-state index < -0.39 is 8.07 Å². The lowest BCUT2D eigenvalue weighted by Gasteiger charge is -2.43. The third-order valence-electron chi connectivity index (χ3n) is 28.8. The smallest absolute Gasteiger partial charge is 0.180 e. The van der Waals surface area contributed by atoms with Gasteiger partial charge in [-0.1, -0.05) is 300 Å². The molecular weight excluding hydrogens is 1630 g/mol. The Kier molecular flexibility index (Phi) is 16.9. The summed E-state index contributed by atoms with van der Waals surface area (Å²) in [6.07, 6.45) is 0. The van der Waals surface area contributed by atoms with Crippen LogP contribution in [0.3, 0.4) is 0 Å². The topological polar surface area (TPSA) is 22.2 Å². The summed E-state index contributed by atoms with van der Waals surface area (Å²) in [4.78, 5) is 9.85. The molecule has 0 saturated carbocycles. The lowest BCUT2D eigenvalue weighted by Crippen LogP contribution is -2.72. The number of nitrogens with zero attached hydrogens (tertiary/aromatic N) is 4. The van der Waals surface area contributed by atoms with Crippen LogP contribution in [0.4, 0.5) is 68.2 Å². The Morgan fingerprint density at radius 1 is 0.238 bits per heavy atom. The Morgan fingerprint density at radius 2 is 0.615 bits per heavy atom. The van der Waals surface area contributed by atoms with Crippen LogP contribution < -0.4 is 45.1 Å². The number of anilines is 12. The second-order valence-electron chi connectivity index (χ2n) is 36.7. The average Bonchev–Trinajstić information content (AvgIpc) is 1.51. The van der Waals surface area contributed by atoms with E-state index in [-0.39, 0.29) is 10.8 Å². The van der Waals surface area contributed by atoms with E-state index in [1.165, 1.54) is 199 Å². The van der Waals surface area contributed by atoms with Gasteiger partial charge in [-0.2, -0.15) is 0 Å². The zero-order valence-electron chi connectivity index (χ0n) is 72.8. The van der Waals surface area contributed by atoms with Crippen molar-refractivity contribution in [2.45, 2.75) is 52.4 Å². The number of benzene rings is 21. The summed E-state index contributed by atoms with van der Waals surface area (Å²) in [6, 6.07) is 155. The molecule has 8 heteroatoms. The van der Waals surface area contributed by atoms with Crippen LogP contribution in [0.1, 0.15) is 61.1 Å². The summed E-state index contributed by atoms with van der Waals surface area (Å²) in [5.74, 6) is 1.71. The summed E-state index contributed by atoms with van der Waals surface area (Å²) in [5.41, 5.74) is 24.1. The van der Waals surface area contributed by atoms with Crippen molar-refractivity contribution in [1.82, 2.24) is 0 Å².